The molecular weight excluding hydrogens is 290 g/mol. The van der Waals surface area contributed by atoms with Gasteiger partial charge in [0.05, 0.1) is 22.0 Å². The predicted molar refractivity (Wildman–Crippen MR) is 66.0 cm³/mol. The fourth-order valence-corrected chi connectivity index (χ4v) is 2.70. The topological polar surface area (TPSA) is 79.5 Å². The summed E-state index contributed by atoms with van der Waals surface area (Å²) in [6.07, 6.45) is 4.56. The van der Waals surface area contributed by atoms with E-state index in [1.54, 1.807) is 0 Å². The van der Waals surface area contributed by atoms with Crippen LogP contribution in [0.15, 0.2) is 16.9 Å². The van der Waals surface area contributed by atoms with Crippen molar-refractivity contribution in [1.82, 2.24) is 4.98 Å². The molecule has 1 aliphatic rings. The molecule has 1 saturated heterocycles. The largest absolute Gasteiger partial charge is 0.394 e. The highest BCUT2D eigenvalue weighted by molar-refractivity contribution is 9.10. The van der Waals surface area contributed by atoms with Crippen LogP contribution in [0.5, 0.6) is 0 Å². The highest BCUT2D eigenvalue weighted by atomic mass is 79.9. The van der Waals surface area contributed by atoms with Gasteiger partial charge in [-0.05, 0) is 28.8 Å². The normalized spacial score (nSPS) is 19.6. The fourth-order valence-electron chi connectivity index (χ4n) is 2.16. The van der Waals surface area contributed by atoms with Gasteiger partial charge in [0.25, 0.3) is 0 Å². The number of halogens is 1. The van der Waals surface area contributed by atoms with Crippen LogP contribution in [0.25, 0.3) is 0 Å². The molecule has 92 valence electrons. The Morgan fingerprint density at radius 3 is 3.06 bits per heavy atom. The minimum atomic E-state index is -0.445. The van der Waals surface area contributed by atoms with E-state index in [2.05, 4.69) is 20.9 Å². The summed E-state index contributed by atoms with van der Waals surface area (Å²) in [5, 5.41) is 20.3. The van der Waals surface area contributed by atoms with E-state index in [4.69, 9.17) is 0 Å². The van der Waals surface area contributed by atoms with Gasteiger partial charge in [-0.2, -0.15) is 0 Å². The Balaban J connectivity index is 2.46. The van der Waals surface area contributed by atoms with Crippen molar-refractivity contribution >= 4 is 27.3 Å². The Kier molecular flexibility index (Phi) is 3.58. The summed E-state index contributed by atoms with van der Waals surface area (Å²) >= 11 is 3.29. The van der Waals surface area contributed by atoms with Gasteiger partial charge in [0, 0.05) is 12.7 Å². The molecule has 6 nitrogen and oxygen atoms in total. The minimum Gasteiger partial charge on any atom is -0.394 e. The molecule has 1 aliphatic heterocycles. The molecule has 0 radical (unpaired) electrons. The lowest BCUT2D eigenvalue weighted by Crippen LogP contribution is -2.32. The monoisotopic (exact) mass is 301 g/mol. The zero-order valence-corrected chi connectivity index (χ0v) is 10.6. The van der Waals surface area contributed by atoms with E-state index in [0.29, 0.717) is 16.7 Å². The number of hydrogen-bond acceptors (Lipinski definition) is 5. The molecular formula is C10H12BrN3O3. The maximum Gasteiger partial charge on any atom is 0.311 e. The summed E-state index contributed by atoms with van der Waals surface area (Å²) in [5.74, 6) is 0. The number of nitro groups is 1. The molecule has 1 atom stereocenters. The third kappa shape index (κ3) is 2.25. The van der Waals surface area contributed by atoms with E-state index in [-0.39, 0.29) is 18.3 Å². The molecule has 1 N–H and O–H groups in total. The van der Waals surface area contributed by atoms with Gasteiger partial charge in [0.2, 0.25) is 0 Å². The second-order valence-electron chi connectivity index (χ2n) is 3.92. The van der Waals surface area contributed by atoms with E-state index in [1.165, 1.54) is 12.4 Å². The lowest BCUT2D eigenvalue weighted by molar-refractivity contribution is -0.384. The van der Waals surface area contributed by atoms with Crippen LogP contribution in [0.2, 0.25) is 0 Å². The molecule has 1 unspecified atom stereocenters. The van der Waals surface area contributed by atoms with Crippen molar-refractivity contribution in [3.8, 4) is 0 Å². The summed E-state index contributed by atoms with van der Waals surface area (Å²) in [5.41, 5.74) is 0.487. The summed E-state index contributed by atoms with van der Waals surface area (Å²) in [6.45, 7) is 0.723. The van der Waals surface area contributed by atoms with Gasteiger partial charge >= 0.3 is 5.69 Å². The lowest BCUT2D eigenvalue weighted by Gasteiger charge is -2.25. The van der Waals surface area contributed by atoms with E-state index < -0.39 is 4.92 Å². The van der Waals surface area contributed by atoms with Crippen molar-refractivity contribution in [3.63, 3.8) is 0 Å². The van der Waals surface area contributed by atoms with E-state index in [0.717, 1.165) is 12.8 Å². The van der Waals surface area contributed by atoms with Crippen molar-refractivity contribution in [1.29, 1.82) is 0 Å². The first-order chi connectivity index (χ1) is 8.15. The number of aliphatic hydroxyl groups is 1. The molecule has 0 bridgehead atoms. The van der Waals surface area contributed by atoms with Crippen molar-refractivity contribution < 1.29 is 10.0 Å². The molecule has 1 aromatic rings. The first-order valence-electron chi connectivity index (χ1n) is 5.30. The van der Waals surface area contributed by atoms with Crippen molar-refractivity contribution in [3.05, 3.63) is 27.0 Å². The number of aromatic nitrogens is 1. The fraction of sp³-hybridized carbons (Fsp3) is 0.500. The number of pyridine rings is 1. The molecule has 0 aliphatic carbocycles. The van der Waals surface area contributed by atoms with Crippen LogP contribution in [0.3, 0.4) is 0 Å². The van der Waals surface area contributed by atoms with Crippen LogP contribution in [0, 0.1) is 10.1 Å². The molecule has 1 aromatic heterocycles. The van der Waals surface area contributed by atoms with Crippen LogP contribution in [0.4, 0.5) is 11.4 Å². The highest BCUT2D eigenvalue weighted by Gasteiger charge is 2.31. The molecule has 0 spiro atoms. The number of nitrogens with zero attached hydrogens (tertiary/aromatic N) is 3. The maximum atomic E-state index is 11.0. The molecule has 2 heterocycles. The van der Waals surface area contributed by atoms with Gasteiger partial charge in [-0.25, -0.2) is 0 Å². The minimum absolute atomic E-state index is 0.00587. The van der Waals surface area contributed by atoms with Gasteiger partial charge in [-0.3, -0.25) is 15.1 Å². The van der Waals surface area contributed by atoms with Gasteiger partial charge < -0.3 is 10.0 Å². The third-order valence-electron chi connectivity index (χ3n) is 2.93. The van der Waals surface area contributed by atoms with Gasteiger partial charge in [0.15, 0.2) is 0 Å². The standard InChI is InChI=1S/C10H12BrN3O3/c11-8-4-12-5-9(14(16)17)10(8)13-3-1-2-7(13)6-15/h4-5,7,15H,1-3,6H2. The van der Waals surface area contributed by atoms with Gasteiger partial charge in [-0.15, -0.1) is 0 Å². The zero-order valence-electron chi connectivity index (χ0n) is 9.04. The maximum absolute atomic E-state index is 11.0. The second-order valence-corrected chi connectivity index (χ2v) is 4.77. The van der Waals surface area contributed by atoms with Crippen LogP contribution >= 0.6 is 15.9 Å². The molecule has 7 heteroatoms. The van der Waals surface area contributed by atoms with Crippen LogP contribution in [-0.2, 0) is 0 Å². The van der Waals surface area contributed by atoms with Crippen molar-refractivity contribution in [2.24, 2.45) is 0 Å². The molecule has 0 aromatic carbocycles. The summed E-state index contributed by atoms with van der Waals surface area (Å²) in [6, 6.07) is -0.0487. The van der Waals surface area contributed by atoms with Gasteiger partial charge in [-0.1, -0.05) is 0 Å². The average molecular weight is 302 g/mol. The predicted octanol–water partition coefficient (Wildman–Crippen LogP) is 1.71. The van der Waals surface area contributed by atoms with Crippen molar-refractivity contribution in [2.75, 3.05) is 18.1 Å². The Labute approximate surface area is 107 Å². The zero-order chi connectivity index (χ0) is 12.4. The van der Waals surface area contributed by atoms with Gasteiger partial charge in [0.1, 0.15) is 11.9 Å². The van der Waals surface area contributed by atoms with Crippen molar-refractivity contribution in [2.45, 2.75) is 18.9 Å². The highest BCUT2D eigenvalue weighted by Crippen LogP contribution is 2.38. The number of rotatable bonds is 3. The van der Waals surface area contributed by atoms with E-state index in [9.17, 15) is 15.2 Å². The molecule has 1 fully saturated rings. The number of aliphatic hydroxyl groups excluding tert-OH is 1. The third-order valence-corrected chi connectivity index (χ3v) is 3.51. The summed E-state index contributed by atoms with van der Waals surface area (Å²) in [7, 11) is 0. The summed E-state index contributed by atoms with van der Waals surface area (Å²) < 4.78 is 0.590. The Morgan fingerprint density at radius 1 is 1.65 bits per heavy atom. The number of hydrogen-bond donors (Lipinski definition) is 1. The first kappa shape index (κ1) is 12.3. The second kappa shape index (κ2) is 4.97. The molecule has 0 saturated carbocycles. The summed E-state index contributed by atoms with van der Waals surface area (Å²) in [4.78, 5) is 16.2. The lowest BCUT2D eigenvalue weighted by atomic mass is 10.2. The average Bonchev–Trinajstić information content (AvgIpc) is 2.76. The SMILES string of the molecule is O=[N+]([O-])c1cncc(Br)c1N1CCCC1CO. The Bertz CT molecular complexity index is 441. The molecule has 17 heavy (non-hydrogen) atoms. The Morgan fingerprint density at radius 2 is 2.41 bits per heavy atom. The Hall–Kier alpha value is -1.21. The molecule has 2 rings (SSSR count). The molecule has 0 amide bonds. The van der Waals surface area contributed by atoms with Crippen LogP contribution < -0.4 is 4.90 Å². The van der Waals surface area contributed by atoms with Crippen LogP contribution in [-0.4, -0.2) is 34.2 Å². The van der Waals surface area contributed by atoms with Crippen LogP contribution in [0.1, 0.15) is 12.8 Å². The number of anilines is 1. The first-order valence-corrected chi connectivity index (χ1v) is 6.10. The van der Waals surface area contributed by atoms with E-state index >= 15 is 0 Å². The smallest absolute Gasteiger partial charge is 0.311 e. The quantitative estimate of drug-likeness (QED) is 0.679. The van der Waals surface area contributed by atoms with E-state index in [1.807, 2.05) is 4.90 Å².